The molecule has 1 fully saturated rings. The SMILES string of the molecule is CCO[Si](OCC)(OCC)C(C)C12C=CC(CC1)C2. The average Bonchev–Trinajstić information content (AvgIpc) is 3.00. The molecule has 0 aromatic rings. The summed E-state index contributed by atoms with van der Waals surface area (Å²) in [6, 6.07) is 0. The molecular formula is C15H28O3Si. The molecule has 0 saturated heterocycles. The van der Waals surface area contributed by atoms with Crippen molar-refractivity contribution in [3.8, 4) is 0 Å². The molecule has 2 bridgehead atoms. The summed E-state index contributed by atoms with van der Waals surface area (Å²) in [6.07, 6.45) is 8.65. The van der Waals surface area contributed by atoms with Gasteiger partial charge in [0.2, 0.25) is 0 Å². The summed E-state index contributed by atoms with van der Waals surface area (Å²) >= 11 is 0. The van der Waals surface area contributed by atoms with Crippen molar-refractivity contribution in [1.29, 1.82) is 0 Å². The Morgan fingerprint density at radius 2 is 1.74 bits per heavy atom. The quantitative estimate of drug-likeness (QED) is 0.501. The van der Waals surface area contributed by atoms with Gasteiger partial charge in [-0.2, -0.15) is 0 Å². The third kappa shape index (κ3) is 2.68. The van der Waals surface area contributed by atoms with Gasteiger partial charge in [-0.3, -0.25) is 0 Å². The van der Waals surface area contributed by atoms with Crippen molar-refractivity contribution in [2.75, 3.05) is 19.8 Å². The Labute approximate surface area is 118 Å². The first-order chi connectivity index (χ1) is 9.12. The summed E-state index contributed by atoms with van der Waals surface area (Å²) in [5, 5.41) is 0. The Morgan fingerprint density at radius 1 is 1.16 bits per heavy atom. The zero-order chi connectivity index (χ0) is 13.9. The van der Waals surface area contributed by atoms with Crippen LogP contribution in [0.15, 0.2) is 12.2 Å². The number of hydrogen-bond donors (Lipinski definition) is 0. The predicted octanol–water partition coefficient (Wildman–Crippen LogP) is 3.78. The molecule has 3 nitrogen and oxygen atoms in total. The van der Waals surface area contributed by atoms with E-state index >= 15 is 0 Å². The van der Waals surface area contributed by atoms with Crippen molar-refractivity contribution in [2.45, 2.75) is 52.5 Å². The lowest BCUT2D eigenvalue weighted by Gasteiger charge is -2.41. The lowest BCUT2D eigenvalue weighted by Crippen LogP contribution is -2.53. The summed E-state index contributed by atoms with van der Waals surface area (Å²) in [7, 11) is -2.58. The third-order valence-corrected chi connectivity index (χ3v) is 8.46. The largest absolute Gasteiger partial charge is 0.504 e. The maximum Gasteiger partial charge on any atom is 0.504 e. The molecular weight excluding hydrogens is 256 g/mol. The second kappa shape index (κ2) is 6.08. The van der Waals surface area contributed by atoms with E-state index in [1.165, 1.54) is 19.3 Å². The van der Waals surface area contributed by atoms with E-state index in [-0.39, 0.29) is 5.41 Å². The van der Waals surface area contributed by atoms with Gasteiger partial charge in [0.05, 0.1) is 0 Å². The van der Waals surface area contributed by atoms with E-state index in [0.29, 0.717) is 25.4 Å². The second-order valence-corrected chi connectivity index (χ2v) is 8.66. The van der Waals surface area contributed by atoms with E-state index < -0.39 is 8.80 Å². The molecule has 0 aromatic carbocycles. The minimum atomic E-state index is -2.58. The van der Waals surface area contributed by atoms with Crippen LogP contribution in [0.25, 0.3) is 0 Å². The lowest BCUT2D eigenvalue weighted by molar-refractivity contribution is 0.0494. The number of allylic oxidation sites excluding steroid dienone is 2. The van der Waals surface area contributed by atoms with Crippen LogP contribution in [0.3, 0.4) is 0 Å². The van der Waals surface area contributed by atoms with Gasteiger partial charge < -0.3 is 13.3 Å². The van der Waals surface area contributed by atoms with Gasteiger partial charge in [-0.05, 0) is 51.4 Å². The molecule has 0 radical (unpaired) electrons. The highest BCUT2D eigenvalue weighted by Gasteiger charge is 2.58. The van der Waals surface area contributed by atoms with Crippen molar-refractivity contribution in [3.05, 3.63) is 12.2 Å². The Hall–Kier alpha value is -0.163. The minimum Gasteiger partial charge on any atom is -0.374 e. The van der Waals surface area contributed by atoms with Crippen LogP contribution in [-0.2, 0) is 13.3 Å². The van der Waals surface area contributed by atoms with Crippen LogP contribution in [0.5, 0.6) is 0 Å². The van der Waals surface area contributed by atoms with E-state index in [1.54, 1.807) is 0 Å². The van der Waals surface area contributed by atoms with Crippen molar-refractivity contribution >= 4 is 8.80 Å². The van der Waals surface area contributed by atoms with Crippen molar-refractivity contribution in [1.82, 2.24) is 0 Å². The van der Waals surface area contributed by atoms with Crippen LogP contribution in [0.4, 0.5) is 0 Å². The van der Waals surface area contributed by atoms with Gasteiger partial charge >= 0.3 is 8.80 Å². The second-order valence-electron chi connectivity index (χ2n) is 5.72. The highest BCUT2D eigenvalue weighted by atomic mass is 28.4. The maximum atomic E-state index is 6.09. The molecule has 0 amide bonds. The molecule has 1 saturated carbocycles. The Bertz CT molecular complexity index is 314. The summed E-state index contributed by atoms with van der Waals surface area (Å²) in [6.45, 7) is 10.4. The van der Waals surface area contributed by atoms with E-state index in [1.807, 2.05) is 20.8 Å². The van der Waals surface area contributed by atoms with E-state index in [4.69, 9.17) is 13.3 Å². The zero-order valence-corrected chi connectivity index (χ0v) is 13.8. The summed E-state index contributed by atoms with van der Waals surface area (Å²) in [5.74, 6) is 0.777. The number of fused-ring (bicyclic) bond motifs is 2. The van der Waals surface area contributed by atoms with Crippen LogP contribution in [-0.4, -0.2) is 28.6 Å². The van der Waals surface area contributed by atoms with Gasteiger partial charge in [0, 0.05) is 25.4 Å². The molecule has 0 aromatic heterocycles. The average molecular weight is 284 g/mol. The molecule has 2 aliphatic carbocycles. The number of rotatable bonds is 8. The van der Waals surface area contributed by atoms with Crippen molar-refractivity contribution in [3.63, 3.8) is 0 Å². The fourth-order valence-electron chi connectivity index (χ4n) is 3.78. The fraction of sp³-hybridized carbons (Fsp3) is 0.867. The molecule has 0 spiro atoms. The molecule has 0 heterocycles. The highest BCUT2D eigenvalue weighted by Crippen LogP contribution is 2.58. The Balaban J connectivity index is 2.23. The van der Waals surface area contributed by atoms with Crippen molar-refractivity contribution < 1.29 is 13.3 Å². The summed E-state index contributed by atoms with van der Waals surface area (Å²) < 4.78 is 18.3. The van der Waals surface area contributed by atoms with Crippen LogP contribution in [0, 0.1) is 11.3 Å². The monoisotopic (exact) mass is 284 g/mol. The standard InChI is InChI=1S/C15H28O3Si/c1-5-16-19(17-6-2,18-7-3)13(4)15-10-8-14(12-15)9-11-15/h8,10,13-14H,5-7,9,11-12H2,1-4H3. The van der Waals surface area contributed by atoms with Gasteiger partial charge in [0.15, 0.2) is 0 Å². The maximum absolute atomic E-state index is 6.09. The smallest absolute Gasteiger partial charge is 0.374 e. The zero-order valence-electron chi connectivity index (χ0n) is 12.8. The lowest BCUT2D eigenvalue weighted by atomic mass is 9.84. The van der Waals surface area contributed by atoms with Gasteiger partial charge in [-0.15, -0.1) is 0 Å². The van der Waals surface area contributed by atoms with Gasteiger partial charge in [-0.1, -0.05) is 19.1 Å². The van der Waals surface area contributed by atoms with E-state index in [2.05, 4.69) is 19.1 Å². The van der Waals surface area contributed by atoms with Crippen LogP contribution in [0.1, 0.15) is 47.0 Å². The molecule has 2 aliphatic rings. The van der Waals surface area contributed by atoms with Crippen LogP contribution >= 0.6 is 0 Å². The summed E-state index contributed by atoms with van der Waals surface area (Å²) in [4.78, 5) is 0. The molecule has 110 valence electrons. The first-order valence-corrected chi connectivity index (χ1v) is 9.54. The minimum absolute atomic E-state index is 0.260. The highest BCUT2D eigenvalue weighted by molar-refractivity contribution is 6.62. The molecule has 3 unspecified atom stereocenters. The molecule has 0 N–H and O–H groups in total. The van der Waals surface area contributed by atoms with Gasteiger partial charge in [-0.25, -0.2) is 0 Å². The van der Waals surface area contributed by atoms with Crippen LogP contribution in [0.2, 0.25) is 5.54 Å². The van der Waals surface area contributed by atoms with Crippen molar-refractivity contribution in [2.24, 2.45) is 11.3 Å². The fourth-order valence-corrected chi connectivity index (χ4v) is 7.05. The third-order valence-electron chi connectivity index (χ3n) is 4.75. The molecule has 2 rings (SSSR count). The Kier molecular flexibility index (Phi) is 4.87. The van der Waals surface area contributed by atoms with Gasteiger partial charge in [0.25, 0.3) is 0 Å². The Morgan fingerprint density at radius 3 is 2.05 bits per heavy atom. The summed E-state index contributed by atoms with van der Waals surface area (Å²) in [5.41, 5.74) is 0.611. The molecule has 19 heavy (non-hydrogen) atoms. The number of hydrogen-bond acceptors (Lipinski definition) is 3. The molecule has 0 aliphatic heterocycles. The topological polar surface area (TPSA) is 27.7 Å². The first-order valence-electron chi connectivity index (χ1n) is 7.73. The first kappa shape index (κ1) is 15.2. The normalized spacial score (nSPS) is 31.1. The van der Waals surface area contributed by atoms with Gasteiger partial charge in [0.1, 0.15) is 0 Å². The molecule has 3 atom stereocenters. The predicted molar refractivity (Wildman–Crippen MR) is 79.0 cm³/mol. The van der Waals surface area contributed by atoms with E-state index in [0.717, 1.165) is 5.92 Å². The van der Waals surface area contributed by atoms with Crippen LogP contribution < -0.4 is 0 Å². The van der Waals surface area contributed by atoms with E-state index in [9.17, 15) is 0 Å². The molecule has 4 heteroatoms.